The van der Waals surface area contributed by atoms with Crippen molar-refractivity contribution in [3.8, 4) is 0 Å². The molecule has 2 aromatic rings. The quantitative estimate of drug-likeness (QED) is 0.635. The molecule has 0 N–H and O–H groups in total. The van der Waals surface area contributed by atoms with Gasteiger partial charge in [-0.3, -0.25) is 4.90 Å². The molecule has 1 fully saturated rings. The number of aryl methyl sites for hydroxylation is 1. The molecule has 0 spiro atoms. The standard InChI is InChI=1S/C21H34N4O2S/c1-4-12-23(13-5-2)17-21-22-19-16-18(10-11-20(19)25(21)6-3)28(26,27)24-14-8-7-9-15-24/h10-11,16H,4-9,12-15,17H2,1-3H3. The molecule has 7 heteroatoms. The van der Waals surface area contributed by atoms with E-state index < -0.39 is 10.0 Å². The van der Waals surface area contributed by atoms with E-state index in [1.807, 2.05) is 6.07 Å². The Morgan fingerprint density at radius 2 is 1.71 bits per heavy atom. The Labute approximate surface area is 169 Å². The number of hydrogen-bond donors (Lipinski definition) is 0. The Morgan fingerprint density at radius 1 is 1.04 bits per heavy atom. The second kappa shape index (κ2) is 9.37. The molecule has 0 atom stereocenters. The molecule has 0 bridgehead atoms. The Hall–Kier alpha value is -1.44. The van der Waals surface area contributed by atoms with E-state index in [9.17, 15) is 8.42 Å². The van der Waals surface area contributed by atoms with Gasteiger partial charge in [-0.25, -0.2) is 13.4 Å². The minimum atomic E-state index is -3.43. The molecular weight excluding hydrogens is 372 g/mol. The third-order valence-electron chi connectivity index (χ3n) is 5.51. The number of fused-ring (bicyclic) bond motifs is 1. The highest BCUT2D eigenvalue weighted by atomic mass is 32.2. The number of piperidine rings is 1. The minimum absolute atomic E-state index is 0.369. The van der Waals surface area contributed by atoms with E-state index in [-0.39, 0.29) is 0 Å². The van der Waals surface area contributed by atoms with Gasteiger partial charge in [0.25, 0.3) is 0 Å². The van der Waals surface area contributed by atoms with Crippen LogP contribution in [0.3, 0.4) is 0 Å². The number of aromatic nitrogens is 2. The largest absolute Gasteiger partial charge is 0.327 e. The van der Waals surface area contributed by atoms with Gasteiger partial charge in [0.1, 0.15) is 5.82 Å². The zero-order valence-electron chi connectivity index (χ0n) is 17.5. The molecule has 0 unspecified atom stereocenters. The Kier molecular flexibility index (Phi) is 7.12. The summed E-state index contributed by atoms with van der Waals surface area (Å²) in [7, 11) is -3.43. The third-order valence-corrected chi connectivity index (χ3v) is 7.41. The Morgan fingerprint density at radius 3 is 2.32 bits per heavy atom. The first-order chi connectivity index (χ1) is 13.5. The first kappa shape index (κ1) is 21.3. The molecule has 0 amide bonds. The third kappa shape index (κ3) is 4.42. The van der Waals surface area contributed by atoms with Crippen molar-refractivity contribution in [3.05, 3.63) is 24.0 Å². The summed E-state index contributed by atoms with van der Waals surface area (Å²) in [5.41, 5.74) is 1.80. The summed E-state index contributed by atoms with van der Waals surface area (Å²) < 4.78 is 29.9. The molecule has 1 saturated heterocycles. The van der Waals surface area contributed by atoms with Gasteiger partial charge in [-0.15, -0.1) is 0 Å². The van der Waals surface area contributed by atoms with Crippen molar-refractivity contribution in [1.29, 1.82) is 0 Å². The van der Waals surface area contributed by atoms with Crippen molar-refractivity contribution < 1.29 is 8.42 Å². The summed E-state index contributed by atoms with van der Waals surface area (Å²) in [4.78, 5) is 7.64. The molecule has 1 aromatic heterocycles. The molecular formula is C21H34N4O2S. The van der Waals surface area contributed by atoms with Crippen LogP contribution in [-0.4, -0.2) is 53.4 Å². The first-order valence-electron chi connectivity index (χ1n) is 10.7. The van der Waals surface area contributed by atoms with E-state index in [4.69, 9.17) is 4.98 Å². The van der Waals surface area contributed by atoms with Crippen molar-refractivity contribution in [3.63, 3.8) is 0 Å². The van der Waals surface area contributed by atoms with Crippen LogP contribution in [0.2, 0.25) is 0 Å². The first-order valence-corrected chi connectivity index (χ1v) is 12.2. The van der Waals surface area contributed by atoms with Gasteiger partial charge in [0, 0.05) is 19.6 Å². The van der Waals surface area contributed by atoms with Crippen LogP contribution in [0, 0.1) is 0 Å². The average Bonchev–Trinajstić information content (AvgIpc) is 3.05. The normalized spacial score (nSPS) is 16.3. The van der Waals surface area contributed by atoms with Crippen LogP contribution in [-0.2, 0) is 23.1 Å². The van der Waals surface area contributed by atoms with Gasteiger partial charge < -0.3 is 4.57 Å². The second-order valence-corrected chi connectivity index (χ2v) is 9.60. The molecule has 28 heavy (non-hydrogen) atoms. The fourth-order valence-electron chi connectivity index (χ4n) is 4.15. The summed E-state index contributed by atoms with van der Waals surface area (Å²) >= 11 is 0. The molecule has 1 aliphatic heterocycles. The SMILES string of the molecule is CCCN(CCC)Cc1nc2cc(S(=O)(=O)N3CCCCC3)ccc2n1CC. The van der Waals surface area contributed by atoms with Gasteiger partial charge in [0.05, 0.1) is 22.5 Å². The molecule has 156 valence electrons. The molecule has 3 rings (SSSR count). The molecule has 0 saturated carbocycles. The van der Waals surface area contributed by atoms with Crippen molar-refractivity contribution in [1.82, 2.24) is 18.8 Å². The molecule has 0 radical (unpaired) electrons. The summed E-state index contributed by atoms with van der Waals surface area (Å²) in [6, 6.07) is 5.44. The highest BCUT2D eigenvalue weighted by Crippen LogP contribution is 2.25. The lowest BCUT2D eigenvalue weighted by molar-refractivity contribution is 0.257. The summed E-state index contributed by atoms with van der Waals surface area (Å²) in [5.74, 6) is 1.02. The fraction of sp³-hybridized carbons (Fsp3) is 0.667. The topological polar surface area (TPSA) is 58.4 Å². The van der Waals surface area contributed by atoms with Gasteiger partial charge in [-0.2, -0.15) is 4.31 Å². The lowest BCUT2D eigenvalue weighted by Crippen LogP contribution is -2.35. The zero-order chi connectivity index (χ0) is 20.1. The van der Waals surface area contributed by atoms with E-state index in [2.05, 4.69) is 30.2 Å². The van der Waals surface area contributed by atoms with Crippen LogP contribution in [0.1, 0.15) is 58.7 Å². The second-order valence-electron chi connectivity index (χ2n) is 7.66. The number of nitrogens with zero attached hydrogens (tertiary/aromatic N) is 4. The molecule has 6 nitrogen and oxygen atoms in total. The van der Waals surface area contributed by atoms with E-state index in [1.54, 1.807) is 16.4 Å². The summed E-state index contributed by atoms with van der Waals surface area (Å²) in [6.07, 6.45) is 5.23. The van der Waals surface area contributed by atoms with Crippen molar-refractivity contribution in [2.24, 2.45) is 0 Å². The van der Waals surface area contributed by atoms with Gasteiger partial charge in [-0.05, 0) is 63.9 Å². The predicted octanol–water partition coefficient (Wildman–Crippen LogP) is 3.85. The molecule has 2 heterocycles. The van der Waals surface area contributed by atoms with Crippen LogP contribution in [0.4, 0.5) is 0 Å². The number of hydrogen-bond acceptors (Lipinski definition) is 4. The number of benzene rings is 1. The van der Waals surface area contributed by atoms with Crippen LogP contribution in [0.5, 0.6) is 0 Å². The number of rotatable bonds is 9. The molecule has 1 aliphatic rings. The van der Waals surface area contributed by atoms with E-state index in [0.717, 1.165) is 75.1 Å². The monoisotopic (exact) mass is 406 g/mol. The summed E-state index contributed by atoms with van der Waals surface area (Å²) in [6.45, 7) is 11.5. The maximum Gasteiger partial charge on any atom is 0.243 e. The van der Waals surface area contributed by atoms with Crippen molar-refractivity contribution in [2.45, 2.75) is 70.9 Å². The van der Waals surface area contributed by atoms with Gasteiger partial charge in [0.15, 0.2) is 0 Å². The molecule has 1 aromatic carbocycles. The zero-order valence-corrected chi connectivity index (χ0v) is 18.3. The number of imidazole rings is 1. The van der Waals surface area contributed by atoms with E-state index in [1.165, 1.54) is 0 Å². The highest BCUT2D eigenvalue weighted by Gasteiger charge is 2.26. The van der Waals surface area contributed by atoms with Crippen molar-refractivity contribution >= 4 is 21.1 Å². The van der Waals surface area contributed by atoms with Crippen LogP contribution >= 0.6 is 0 Å². The van der Waals surface area contributed by atoms with E-state index in [0.29, 0.717) is 18.0 Å². The van der Waals surface area contributed by atoms with Gasteiger partial charge >= 0.3 is 0 Å². The maximum atomic E-state index is 13.0. The predicted molar refractivity (Wildman–Crippen MR) is 114 cm³/mol. The Bertz CT molecular complexity index is 879. The van der Waals surface area contributed by atoms with Crippen LogP contribution in [0.15, 0.2) is 23.1 Å². The maximum absolute atomic E-state index is 13.0. The van der Waals surface area contributed by atoms with Crippen molar-refractivity contribution in [2.75, 3.05) is 26.2 Å². The lowest BCUT2D eigenvalue weighted by Gasteiger charge is -2.25. The summed E-state index contributed by atoms with van der Waals surface area (Å²) in [5, 5.41) is 0. The molecule has 0 aliphatic carbocycles. The minimum Gasteiger partial charge on any atom is -0.327 e. The highest BCUT2D eigenvalue weighted by molar-refractivity contribution is 7.89. The van der Waals surface area contributed by atoms with Gasteiger partial charge in [-0.1, -0.05) is 20.3 Å². The number of sulfonamides is 1. The lowest BCUT2D eigenvalue weighted by atomic mass is 10.2. The van der Waals surface area contributed by atoms with Crippen LogP contribution < -0.4 is 0 Å². The smallest absolute Gasteiger partial charge is 0.243 e. The Balaban J connectivity index is 1.93. The fourth-order valence-corrected chi connectivity index (χ4v) is 5.69. The average molecular weight is 407 g/mol. The van der Waals surface area contributed by atoms with Crippen LogP contribution in [0.25, 0.3) is 11.0 Å². The van der Waals surface area contributed by atoms with E-state index >= 15 is 0 Å². The van der Waals surface area contributed by atoms with Gasteiger partial charge in [0.2, 0.25) is 10.0 Å².